The SMILES string of the molecule is C[C@H](N)c1ccc(Oc2ccccc2C(C)(C)C)nc1. The van der Waals surface area contributed by atoms with Crippen LogP contribution in [-0.2, 0) is 5.41 Å². The predicted octanol–water partition coefficient (Wildman–Crippen LogP) is 4.19. The molecule has 0 aliphatic carbocycles. The third kappa shape index (κ3) is 3.36. The van der Waals surface area contributed by atoms with Gasteiger partial charge in [0.1, 0.15) is 5.75 Å². The number of rotatable bonds is 3. The van der Waals surface area contributed by atoms with Gasteiger partial charge in [0.05, 0.1) is 0 Å². The number of nitrogens with two attached hydrogens (primary N) is 1. The smallest absolute Gasteiger partial charge is 0.219 e. The fourth-order valence-corrected chi connectivity index (χ4v) is 2.01. The first-order chi connectivity index (χ1) is 9.38. The van der Waals surface area contributed by atoms with Crippen LogP contribution in [-0.4, -0.2) is 4.98 Å². The summed E-state index contributed by atoms with van der Waals surface area (Å²) in [4.78, 5) is 4.32. The van der Waals surface area contributed by atoms with E-state index >= 15 is 0 Å². The van der Waals surface area contributed by atoms with Crippen LogP contribution < -0.4 is 10.5 Å². The van der Waals surface area contributed by atoms with Crippen LogP contribution in [0.1, 0.15) is 44.9 Å². The molecule has 20 heavy (non-hydrogen) atoms. The van der Waals surface area contributed by atoms with Gasteiger partial charge in [-0.2, -0.15) is 0 Å². The Bertz CT molecular complexity index is 568. The van der Waals surface area contributed by atoms with Crippen LogP contribution in [0.25, 0.3) is 0 Å². The third-order valence-corrected chi connectivity index (χ3v) is 3.19. The van der Waals surface area contributed by atoms with Crippen LogP contribution in [0.15, 0.2) is 42.6 Å². The number of ether oxygens (including phenoxy) is 1. The Hall–Kier alpha value is -1.87. The van der Waals surface area contributed by atoms with E-state index in [0.29, 0.717) is 5.88 Å². The average Bonchev–Trinajstić information content (AvgIpc) is 2.38. The van der Waals surface area contributed by atoms with Crippen molar-refractivity contribution in [1.82, 2.24) is 4.98 Å². The van der Waals surface area contributed by atoms with Gasteiger partial charge >= 0.3 is 0 Å². The number of nitrogens with zero attached hydrogens (tertiary/aromatic N) is 1. The van der Waals surface area contributed by atoms with E-state index in [4.69, 9.17) is 10.5 Å². The molecule has 0 saturated carbocycles. The van der Waals surface area contributed by atoms with E-state index in [-0.39, 0.29) is 11.5 Å². The van der Waals surface area contributed by atoms with Crippen molar-refractivity contribution in [1.29, 1.82) is 0 Å². The zero-order valence-corrected chi connectivity index (χ0v) is 12.6. The maximum Gasteiger partial charge on any atom is 0.219 e. The van der Waals surface area contributed by atoms with E-state index in [0.717, 1.165) is 16.9 Å². The van der Waals surface area contributed by atoms with E-state index in [1.54, 1.807) is 6.20 Å². The highest BCUT2D eigenvalue weighted by Crippen LogP contribution is 2.33. The standard InChI is InChI=1S/C17H22N2O/c1-12(18)13-9-10-16(19-11-13)20-15-8-6-5-7-14(15)17(2,3)4/h5-12H,18H2,1-4H3/t12-/m0/s1. The second-order valence-electron chi connectivity index (χ2n) is 6.07. The van der Waals surface area contributed by atoms with E-state index in [1.165, 1.54) is 0 Å². The summed E-state index contributed by atoms with van der Waals surface area (Å²) in [6.45, 7) is 8.44. The van der Waals surface area contributed by atoms with Crippen molar-refractivity contribution in [2.45, 2.75) is 39.2 Å². The molecular weight excluding hydrogens is 248 g/mol. The summed E-state index contributed by atoms with van der Waals surface area (Å²) in [6.07, 6.45) is 1.76. The number of pyridine rings is 1. The summed E-state index contributed by atoms with van der Waals surface area (Å²) in [6, 6.07) is 11.9. The normalized spacial score (nSPS) is 13.1. The summed E-state index contributed by atoms with van der Waals surface area (Å²) in [7, 11) is 0. The van der Waals surface area contributed by atoms with Crippen molar-refractivity contribution in [2.75, 3.05) is 0 Å². The molecule has 106 valence electrons. The minimum absolute atomic E-state index is 0.0154. The van der Waals surface area contributed by atoms with E-state index < -0.39 is 0 Å². The first kappa shape index (κ1) is 14.5. The zero-order valence-electron chi connectivity index (χ0n) is 12.6. The van der Waals surface area contributed by atoms with Crippen LogP contribution in [0.2, 0.25) is 0 Å². The highest BCUT2D eigenvalue weighted by Gasteiger charge is 2.18. The molecule has 3 heteroatoms. The Morgan fingerprint density at radius 3 is 2.35 bits per heavy atom. The molecule has 0 aliphatic rings. The molecular formula is C17H22N2O. The lowest BCUT2D eigenvalue weighted by molar-refractivity contribution is 0.439. The van der Waals surface area contributed by atoms with Crippen molar-refractivity contribution in [3.8, 4) is 11.6 Å². The van der Waals surface area contributed by atoms with Gasteiger partial charge in [-0.25, -0.2) is 4.98 Å². The molecule has 1 aromatic carbocycles. The van der Waals surface area contributed by atoms with Crippen LogP contribution in [0.3, 0.4) is 0 Å². The molecule has 2 N–H and O–H groups in total. The predicted molar refractivity (Wildman–Crippen MR) is 82.1 cm³/mol. The van der Waals surface area contributed by atoms with Gasteiger partial charge in [-0.05, 0) is 24.0 Å². The lowest BCUT2D eigenvalue weighted by Crippen LogP contribution is -2.12. The second kappa shape index (κ2) is 5.63. The van der Waals surface area contributed by atoms with Crippen LogP contribution in [0.4, 0.5) is 0 Å². The Morgan fingerprint density at radius 2 is 1.80 bits per heavy atom. The molecule has 0 bridgehead atoms. The summed E-state index contributed by atoms with van der Waals surface area (Å²) >= 11 is 0. The Balaban J connectivity index is 2.26. The molecule has 0 saturated heterocycles. The number of aromatic nitrogens is 1. The van der Waals surface area contributed by atoms with Crippen LogP contribution in [0.5, 0.6) is 11.6 Å². The Kier molecular flexibility index (Phi) is 4.09. The number of hydrogen-bond acceptors (Lipinski definition) is 3. The van der Waals surface area contributed by atoms with Gasteiger partial charge in [0, 0.05) is 23.9 Å². The highest BCUT2D eigenvalue weighted by atomic mass is 16.5. The molecule has 0 spiro atoms. The highest BCUT2D eigenvalue weighted by molar-refractivity contribution is 5.40. The molecule has 0 amide bonds. The lowest BCUT2D eigenvalue weighted by Gasteiger charge is -2.22. The first-order valence-corrected chi connectivity index (χ1v) is 6.87. The lowest BCUT2D eigenvalue weighted by atomic mass is 9.86. The van der Waals surface area contributed by atoms with Gasteiger partial charge in [0.2, 0.25) is 5.88 Å². The van der Waals surface area contributed by atoms with Gasteiger partial charge < -0.3 is 10.5 Å². The van der Waals surface area contributed by atoms with Crippen molar-refractivity contribution in [3.05, 3.63) is 53.7 Å². The van der Waals surface area contributed by atoms with Gasteiger partial charge in [-0.3, -0.25) is 0 Å². The molecule has 1 aromatic heterocycles. The Labute approximate surface area is 120 Å². The third-order valence-electron chi connectivity index (χ3n) is 3.19. The maximum atomic E-state index is 5.92. The summed E-state index contributed by atoms with van der Waals surface area (Å²) in [5.74, 6) is 1.44. The van der Waals surface area contributed by atoms with Gasteiger partial charge in [-0.1, -0.05) is 45.0 Å². The van der Waals surface area contributed by atoms with Crippen LogP contribution >= 0.6 is 0 Å². The molecule has 0 fully saturated rings. The topological polar surface area (TPSA) is 48.1 Å². The minimum Gasteiger partial charge on any atom is -0.439 e. The molecule has 2 aromatic rings. The summed E-state index contributed by atoms with van der Waals surface area (Å²) in [5, 5.41) is 0. The molecule has 2 rings (SSSR count). The van der Waals surface area contributed by atoms with E-state index in [1.807, 2.05) is 37.3 Å². The molecule has 0 unspecified atom stereocenters. The van der Waals surface area contributed by atoms with Gasteiger partial charge in [0.25, 0.3) is 0 Å². The van der Waals surface area contributed by atoms with Gasteiger partial charge in [-0.15, -0.1) is 0 Å². The van der Waals surface area contributed by atoms with Gasteiger partial charge in [0.15, 0.2) is 0 Å². The fourth-order valence-electron chi connectivity index (χ4n) is 2.01. The summed E-state index contributed by atoms with van der Waals surface area (Å²) in [5.41, 5.74) is 8.01. The molecule has 3 nitrogen and oxygen atoms in total. The monoisotopic (exact) mass is 270 g/mol. The molecule has 1 heterocycles. The minimum atomic E-state index is -0.0154. The van der Waals surface area contributed by atoms with Crippen molar-refractivity contribution < 1.29 is 4.74 Å². The van der Waals surface area contributed by atoms with Crippen molar-refractivity contribution in [2.24, 2.45) is 5.73 Å². The largest absolute Gasteiger partial charge is 0.439 e. The van der Waals surface area contributed by atoms with Crippen molar-refractivity contribution in [3.63, 3.8) is 0 Å². The van der Waals surface area contributed by atoms with Crippen molar-refractivity contribution >= 4 is 0 Å². The quantitative estimate of drug-likeness (QED) is 0.909. The second-order valence-corrected chi connectivity index (χ2v) is 6.07. The maximum absolute atomic E-state index is 5.92. The fraction of sp³-hybridized carbons (Fsp3) is 0.353. The first-order valence-electron chi connectivity index (χ1n) is 6.87. The number of benzene rings is 1. The molecule has 0 aliphatic heterocycles. The number of hydrogen-bond donors (Lipinski definition) is 1. The molecule has 1 atom stereocenters. The zero-order chi connectivity index (χ0) is 14.8. The molecule has 0 radical (unpaired) electrons. The van der Waals surface area contributed by atoms with Crippen LogP contribution in [0, 0.1) is 0 Å². The van der Waals surface area contributed by atoms with E-state index in [9.17, 15) is 0 Å². The Morgan fingerprint density at radius 1 is 1.10 bits per heavy atom. The summed E-state index contributed by atoms with van der Waals surface area (Å²) < 4.78 is 5.92. The number of para-hydroxylation sites is 1. The average molecular weight is 270 g/mol. The van der Waals surface area contributed by atoms with E-state index in [2.05, 4.69) is 31.8 Å².